The van der Waals surface area contributed by atoms with Gasteiger partial charge in [-0.05, 0) is 18.2 Å². The third-order valence-corrected chi connectivity index (χ3v) is 2.97. The van der Waals surface area contributed by atoms with Gasteiger partial charge in [0, 0.05) is 25.0 Å². The van der Waals surface area contributed by atoms with Gasteiger partial charge < -0.3 is 14.0 Å². The van der Waals surface area contributed by atoms with Crippen molar-refractivity contribution in [2.45, 2.75) is 0 Å². The van der Waals surface area contributed by atoms with E-state index in [4.69, 9.17) is 14.7 Å². The highest BCUT2D eigenvalue weighted by Gasteiger charge is 2.14. The number of benzene rings is 1. The molecular formula is C15H14N2O3. The van der Waals surface area contributed by atoms with Crippen LogP contribution in [0.15, 0.2) is 35.4 Å². The Bertz CT molecular complexity index is 742. The summed E-state index contributed by atoms with van der Waals surface area (Å²) in [6.07, 6.45) is 3.17. The highest BCUT2D eigenvalue weighted by atomic mass is 16.5. The lowest BCUT2D eigenvalue weighted by molar-refractivity contribution is 0.404. The Morgan fingerprint density at radius 3 is 2.50 bits per heavy atom. The second-order valence-electron chi connectivity index (χ2n) is 4.26. The summed E-state index contributed by atoms with van der Waals surface area (Å²) in [7, 11) is 4.84. The van der Waals surface area contributed by atoms with Gasteiger partial charge in [0.2, 0.25) is 5.43 Å². The number of methoxy groups -OCH3 is 2. The Hall–Kier alpha value is -2.74. The van der Waals surface area contributed by atoms with Crippen LogP contribution in [0.3, 0.4) is 0 Å². The average Bonchev–Trinajstić information content (AvgIpc) is 2.48. The first-order valence-corrected chi connectivity index (χ1v) is 5.93. The van der Waals surface area contributed by atoms with E-state index in [1.165, 1.54) is 13.3 Å². The summed E-state index contributed by atoms with van der Waals surface area (Å²) in [5, 5.41) is 9.02. The fourth-order valence-electron chi connectivity index (χ4n) is 2.00. The van der Waals surface area contributed by atoms with Gasteiger partial charge in [-0.3, -0.25) is 4.79 Å². The number of hydrogen-bond donors (Lipinski definition) is 0. The molecule has 1 aromatic carbocycles. The van der Waals surface area contributed by atoms with E-state index in [-0.39, 0.29) is 11.0 Å². The number of rotatable bonds is 3. The molecule has 0 aliphatic heterocycles. The number of pyridine rings is 1. The van der Waals surface area contributed by atoms with Crippen LogP contribution >= 0.6 is 0 Å². The third kappa shape index (κ3) is 2.36. The Kier molecular flexibility index (Phi) is 3.76. The molecule has 0 aliphatic rings. The number of ether oxygens (including phenoxy) is 2. The maximum atomic E-state index is 12.3. The number of aryl methyl sites for hydroxylation is 1. The zero-order valence-corrected chi connectivity index (χ0v) is 11.5. The van der Waals surface area contributed by atoms with Gasteiger partial charge in [0.15, 0.2) is 0 Å². The maximum Gasteiger partial charge on any atom is 0.207 e. The monoisotopic (exact) mass is 270 g/mol. The Morgan fingerprint density at radius 1 is 1.15 bits per heavy atom. The molecular weight excluding hydrogens is 256 g/mol. The molecule has 1 aromatic heterocycles. The fraction of sp³-hybridized carbons (Fsp3) is 0.200. The maximum absolute atomic E-state index is 12.3. The molecule has 5 nitrogen and oxygen atoms in total. The van der Waals surface area contributed by atoms with Crippen LogP contribution < -0.4 is 14.9 Å². The van der Waals surface area contributed by atoms with Gasteiger partial charge in [0.25, 0.3) is 0 Å². The van der Waals surface area contributed by atoms with Gasteiger partial charge in [-0.1, -0.05) is 0 Å². The summed E-state index contributed by atoms with van der Waals surface area (Å²) in [4.78, 5) is 12.3. The normalized spacial score (nSPS) is 9.90. The molecule has 0 spiro atoms. The average molecular weight is 270 g/mol. The first-order chi connectivity index (χ1) is 9.60. The summed E-state index contributed by atoms with van der Waals surface area (Å²) in [5.74, 6) is 1.17. The van der Waals surface area contributed by atoms with Gasteiger partial charge in [0.05, 0.1) is 19.8 Å². The Morgan fingerprint density at radius 2 is 1.90 bits per heavy atom. The lowest BCUT2D eigenvalue weighted by Gasteiger charge is -2.11. The molecule has 2 rings (SSSR count). The van der Waals surface area contributed by atoms with Crippen molar-refractivity contribution in [1.29, 1.82) is 5.26 Å². The molecule has 0 fully saturated rings. The lowest BCUT2D eigenvalue weighted by atomic mass is 10.0. The fourth-order valence-corrected chi connectivity index (χ4v) is 2.00. The molecule has 0 radical (unpaired) electrons. The van der Waals surface area contributed by atoms with E-state index in [0.29, 0.717) is 22.6 Å². The molecule has 0 amide bonds. The van der Waals surface area contributed by atoms with Crippen molar-refractivity contribution in [1.82, 2.24) is 4.57 Å². The second kappa shape index (κ2) is 5.49. The molecule has 0 saturated heterocycles. The van der Waals surface area contributed by atoms with Crippen LogP contribution in [0.1, 0.15) is 5.56 Å². The quantitative estimate of drug-likeness (QED) is 0.855. The van der Waals surface area contributed by atoms with Crippen LogP contribution in [0, 0.1) is 11.3 Å². The minimum Gasteiger partial charge on any atom is -0.497 e. The summed E-state index contributed by atoms with van der Waals surface area (Å²) in [6, 6.07) is 7.11. The minimum absolute atomic E-state index is 0.0925. The molecule has 0 saturated carbocycles. The molecule has 5 heteroatoms. The molecule has 102 valence electrons. The topological polar surface area (TPSA) is 64.2 Å². The van der Waals surface area contributed by atoms with Crippen LogP contribution in [-0.2, 0) is 7.05 Å². The van der Waals surface area contributed by atoms with Crippen molar-refractivity contribution >= 4 is 0 Å². The summed E-state index contributed by atoms with van der Waals surface area (Å²) >= 11 is 0. The molecule has 0 N–H and O–H groups in total. The van der Waals surface area contributed by atoms with Gasteiger partial charge in [0.1, 0.15) is 23.1 Å². The summed E-state index contributed by atoms with van der Waals surface area (Å²) < 4.78 is 12.1. The predicted octanol–water partition coefficient (Wildman–Crippen LogP) is 1.94. The molecule has 0 unspecified atom stereocenters. The Balaban J connectivity index is 2.77. The highest BCUT2D eigenvalue weighted by molar-refractivity contribution is 5.72. The van der Waals surface area contributed by atoms with Crippen molar-refractivity contribution < 1.29 is 9.47 Å². The van der Waals surface area contributed by atoms with Crippen LogP contribution in [-0.4, -0.2) is 18.8 Å². The van der Waals surface area contributed by atoms with Crippen molar-refractivity contribution in [3.05, 3.63) is 46.4 Å². The van der Waals surface area contributed by atoms with Crippen molar-refractivity contribution in [3.63, 3.8) is 0 Å². The molecule has 0 aliphatic carbocycles. The van der Waals surface area contributed by atoms with E-state index in [0.717, 1.165) is 0 Å². The molecule has 20 heavy (non-hydrogen) atoms. The van der Waals surface area contributed by atoms with Crippen molar-refractivity contribution in [3.8, 4) is 28.7 Å². The number of aromatic nitrogens is 1. The summed E-state index contributed by atoms with van der Waals surface area (Å²) in [6.45, 7) is 0. The predicted molar refractivity (Wildman–Crippen MR) is 74.9 cm³/mol. The van der Waals surface area contributed by atoms with E-state index in [1.807, 2.05) is 6.07 Å². The van der Waals surface area contributed by atoms with Gasteiger partial charge in [-0.2, -0.15) is 5.26 Å². The minimum atomic E-state index is -0.322. The zero-order valence-electron chi connectivity index (χ0n) is 11.5. The third-order valence-electron chi connectivity index (χ3n) is 2.97. The first-order valence-electron chi connectivity index (χ1n) is 5.93. The van der Waals surface area contributed by atoms with Crippen LogP contribution in [0.2, 0.25) is 0 Å². The van der Waals surface area contributed by atoms with Gasteiger partial charge in [-0.15, -0.1) is 0 Å². The number of hydrogen-bond acceptors (Lipinski definition) is 4. The van der Waals surface area contributed by atoms with Gasteiger partial charge >= 0.3 is 0 Å². The molecule has 0 atom stereocenters. The standard InChI is InChI=1S/C15H14N2O3/c1-17-8-10(7-16)15(18)13(9-17)12-6-11(19-2)4-5-14(12)20-3/h4-6,8-9H,1-3H3. The van der Waals surface area contributed by atoms with E-state index < -0.39 is 0 Å². The highest BCUT2D eigenvalue weighted by Crippen LogP contribution is 2.31. The second-order valence-corrected chi connectivity index (χ2v) is 4.26. The van der Waals surface area contributed by atoms with E-state index >= 15 is 0 Å². The SMILES string of the molecule is COc1ccc(OC)c(-c2cn(C)cc(C#N)c2=O)c1. The molecule has 0 bridgehead atoms. The first kappa shape index (κ1) is 13.7. The van der Waals surface area contributed by atoms with E-state index in [9.17, 15) is 4.79 Å². The Labute approximate surface area is 116 Å². The van der Waals surface area contributed by atoms with E-state index in [1.54, 1.807) is 43.1 Å². The lowest BCUT2D eigenvalue weighted by Crippen LogP contribution is -2.12. The summed E-state index contributed by atoms with van der Waals surface area (Å²) in [5.41, 5.74) is 0.777. The van der Waals surface area contributed by atoms with E-state index in [2.05, 4.69) is 0 Å². The number of nitriles is 1. The van der Waals surface area contributed by atoms with Crippen molar-refractivity contribution in [2.24, 2.45) is 7.05 Å². The molecule has 1 heterocycles. The largest absolute Gasteiger partial charge is 0.497 e. The van der Waals surface area contributed by atoms with Crippen molar-refractivity contribution in [2.75, 3.05) is 14.2 Å². The van der Waals surface area contributed by atoms with Crippen LogP contribution in [0.4, 0.5) is 0 Å². The van der Waals surface area contributed by atoms with Gasteiger partial charge in [-0.25, -0.2) is 0 Å². The zero-order chi connectivity index (χ0) is 14.7. The number of nitrogens with zero attached hydrogens (tertiary/aromatic N) is 2. The molecule has 2 aromatic rings. The smallest absolute Gasteiger partial charge is 0.207 e. The van der Waals surface area contributed by atoms with Crippen LogP contribution in [0.5, 0.6) is 11.5 Å². The van der Waals surface area contributed by atoms with Crippen LogP contribution in [0.25, 0.3) is 11.1 Å².